The predicted octanol–water partition coefficient (Wildman–Crippen LogP) is 4.52. The maximum Gasteiger partial charge on any atom is 0.141 e. The number of hydrogen-bond donors (Lipinski definition) is 0. The number of aromatic nitrogens is 2. The summed E-state index contributed by atoms with van der Waals surface area (Å²) in [6.45, 7) is 1.03. The highest BCUT2D eigenvalue weighted by Gasteiger charge is 2.51. The zero-order valence-corrected chi connectivity index (χ0v) is 12.8. The molecule has 0 unspecified atom stereocenters. The van der Waals surface area contributed by atoms with Gasteiger partial charge in [-0.3, -0.25) is 4.68 Å². The Morgan fingerprint density at radius 1 is 1.22 bits per heavy atom. The van der Waals surface area contributed by atoms with E-state index in [0.717, 1.165) is 33.9 Å². The minimum Gasteiger partial charge on any atom is -0.252 e. The van der Waals surface area contributed by atoms with Crippen LogP contribution in [0.2, 0.25) is 5.15 Å². The standard InChI is InChI=1S/C14H18BrClN2/c15-12-7-17-18(13(12)16)8-14-4-9-1-10(5-14)3-11(2-9)6-14/h7,9-11H,1-6,8H2. The summed E-state index contributed by atoms with van der Waals surface area (Å²) in [6, 6.07) is 0. The van der Waals surface area contributed by atoms with E-state index in [0.29, 0.717) is 5.41 Å². The molecular formula is C14H18BrClN2. The molecular weight excluding hydrogens is 312 g/mol. The Balaban J connectivity index is 1.62. The van der Waals surface area contributed by atoms with Crippen LogP contribution in [-0.4, -0.2) is 9.78 Å². The lowest BCUT2D eigenvalue weighted by Crippen LogP contribution is -2.48. The third-order valence-electron chi connectivity index (χ3n) is 5.38. The van der Waals surface area contributed by atoms with Crippen LogP contribution in [0.1, 0.15) is 38.5 Å². The van der Waals surface area contributed by atoms with Crippen molar-refractivity contribution in [2.24, 2.45) is 23.2 Å². The summed E-state index contributed by atoms with van der Waals surface area (Å²) >= 11 is 9.75. The normalized spacial score (nSPS) is 41.6. The second kappa shape index (κ2) is 3.99. The number of nitrogens with zero attached hydrogens (tertiary/aromatic N) is 2. The van der Waals surface area contributed by atoms with Crippen molar-refractivity contribution in [2.45, 2.75) is 45.1 Å². The molecule has 0 saturated heterocycles. The van der Waals surface area contributed by atoms with Gasteiger partial charge in [-0.05, 0) is 77.6 Å². The molecule has 1 heterocycles. The monoisotopic (exact) mass is 328 g/mol. The van der Waals surface area contributed by atoms with Crippen LogP contribution in [-0.2, 0) is 6.54 Å². The fraction of sp³-hybridized carbons (Fsp3) is 0.786. The van der Waals surface area contributed by atoms with Crippen LogP contribution in [0.15, 0.2) is 10.7 Å². The summed E-state index contributed by atoms with van der Waals surface area (Å²) in [4.78, 5) is 0. The Hall–Kier alpha value is -0.0200. The number of hydrogen-bond acceptors (Lipinski definition) is 1. The van der Waals surface area contributed by atoms with Gasteiger partial charge in [0.05, 0.1) is 10.7 Å². The van der Waals surface area contributed by atoms with Gasteiger partial charge in [-0.25, -0.2) is 0 Å². The molecule has 4 heteroatoms. The molecule has 4 aliphatic carbocycles. The minimum absolute atomic E-state index is 0.504. The van der Waals surface area contributed by atoms with Crippen LogP contribution in [0.25, 0.3) is 0 Å². The smallest absolute Gasteiger partial charge is 0.141 e. The molecule has 0 radical (unpaired) electrons. The van der Waals surface area contributed by atoms with E-state index in [2.05, 4.69) is 21.0 Å². The molecule has 1 aromatic heterocycles. The lowest BCUT2D eigenvalue weighted by atomic mass is 9.49. The van der Waals surface area contributed by atoms with Gasteiger partial charge in [0.25, 0.3) is 0 Å². The molecule has 0 spiro atoms. The first kappa shape index (κ1) is 11.8. The highest BCUT2D eigenvalue weighted by Crippen LogP contribution is 2.60. The van der Waals surface area contributed by atoms with E-state index < -0.39 is 0 Å². The van der Waals surface area contributed by atoms with Gasteiger partial charge >= 0.3 is 0 Å². The van der Waals surface area contributed by atoms with Crippen molar-refractivity contribution in [2.75, 3.05) is 0 Å². The molecule has 4 fully saturated rings. The molecule has 18 heavy (non-hydrogen) atoms. The molecule has 98 valence electrons. The van der Waals surface area contributed by atoms with E-state index in [4.69, 9.17) is 11.6 Å². The first-order valence-electron chi connectivity index (χ1n) is 7.00. The Labute approximate surface area is 121 Å². The average molecular weight is 330 g/mol. The molecule has 2 nitrogen and oxygen atoms in total. The molecule has 4 aliphatic rings. The van der Waals surface area contributed by atoms with Crippen molar-refractivity contribution in [1.82, 2.24) is 9.78 Å². The van der Waals surface area contributed by atoms with Crippen LogP contribution in [0, 0.1) is 23.2 Å². The fourth-order valence-corrected chi connectivity index (χ4v) is 5.71. The van der Waals surface area contributed by atoms with Crippen LogP contribution in [0.3, 0.4) is 0 Å². The van der Waals surface area contributed by atoms with Gasteiger partial charge in [0.2, 0.25) is 0 Å². The van der Waals surface area contributed by atoms with Crippen molar-refractivity contribution < 1.29 is 0 Å². The molecule has 4 saturated carbocycles. The second-order valence-electron chi connectivity index (χ2n) is 6.86. The van der Waals surface area contributed by atoms with Crippen molar-refractivity contribution in [3.05, 3.63) is 15.8 Å². The molecule has 5 rings (SSSR count). The summed E-state index contributed by atoms with van der Waals surface area (Å²) in [5.41, 5.74) is 0.504. The van der Waals surface area contributed by atoms with Gasteiger partial charge in [0.1, 0.15) is 5.15 Å². The van der Waals surface area contributed by atoms with Crippen LogP contribution in [0.5, 0.6) is 0 Å². The molecule has 0 atom stereocenters. The zero-order valence-electron chi connectivity index (χ0n) is 10.4. The van der Waals surface area contributed by atoms with Gasteiger partial charge in [0.15, 0.2) is 0 Å². The molecule has 1 aromatic rings. The minimum atomic E-state index is 0.504. The number of halogens is 2. The van der Waals surface area contributed by atoms with E-state index in [1.165, 1.54) is 38.5 Å². The molecule has 0 N–H and O–H groups in total. The quantitative estimate of drug-likeness (QED) is 0.780. The summed E-state index contributed by atoms with van der Waals surface area (Å²) in [5.74, 6) is 2.98. The van der Waals surface area contributed by atoms with Crippen LogP contribution in [0.4, 0.5) is 0 Å². The van der Waals surface area contributed by atoms with Crippen molar-refractivity contribution in [3.63, 3.8) is 0 Å². The van der Waals surface area contributed by atoms with Gasteiger partial charge in [-0.1, -0.05) is 11.6 Å². The van der Waals surface area contributed by atoms with E-state index in [9.17, 15) is 0 Å². The van der Waals surface area contributed by atoms with Crippen molar-refractivity contribution in [3.8, 4) is 0 Å². The fourth-order valence-electron chi connectivity index (χ4n) is 5.26. The van der Waals surface area contributed by atoms with Gasteiger partial charge in [0, 0.05) is 6.54 Å². The van der Waals surface area contributed by atoms with Gasteiger partial charge < -0.3 is 0 Å². The largest absolute Gasteiger partial charge is 0.252 e. The van der Waals surface area contributed by atoms with E-state index in [-0.39, 0.29) is 0 Å². The molecule has 0 amide bonds. The van der Waals surface area contributed by atoms with Gasteiger partial charge in [-0.15, -0.1) is 0 Å². The van der Waals surface area contributed by atoms with Gasteiger partial charge in [-0.2, -0.15) is 5.10 Å². The zero-order chi connectivity index (χ0) is 12.3. The summed E-state index contributed by atoms with van der Waals surface area (Å²) < 4.78 is 2.94. The number of rotatable bonds is 2. The summed E-state index contributed by atoms with van der Waals surface area (Å²) in [7, 11) is 0. The van der Waals surface area contributed by atoms with E-state index in [1.54, 1.807) is 0 Å². The van der Waals surface area contributed by atoms with E-state index in [1.807, 2.05) is 10.9 Å². The maximum absolute atomic E-state index is 6.30. The summed E-state index contributed by atoms with van der Waals surface area (Å²) in [6.07, 6.45) is 10.5. The van der Waals surface area contributed by atoms with Crippen LogP contribution >= 0.6 is 27.5 Å². The maximum atomic E-state index is 6.30. The first-order chi connectivity index (χ1) is 8.63. The Kier molecular flexibility index (Phi) is 2.61. The summed E-state index contributed by atoms with van der Waals surface area (Å²) in [5, 5.41) is 5.20. The predicted molar refractivity (Wildman–Crippen MR) is 75.5 cm³/mol. The highest BCUT2D eigenvalue weighted by atomic mass is 79.9. The van der Waals surface area contributed by atoms with Crippen LogP contribution < -0.4 is 0 Å². The Morgan fingerprint density at radius 3 is 2.22 bits per heavy atom. The molecule has 0 aromatic carbocycles. The molecule has 0 aliphatic heterocycles. The first-order valence-corrected chi connectivity index (χ1v) is 8.17. The molecule has 4 bridgehead atoms. The topological polar surface area (TPSA) is 17.8 Å². The van der Waals surface area contributed by atoms with Crippen molar-refractivity contribution in [1.29, 1.82) is 0 Å². The Bertz CT molecular complexity index is 447. The third-order valence-corrected chi connectivity index (χ3v) is 6.59. The van der Waals surface area contributed by atoms with E-state index >= 15 is 0 Å². The lowest BCUT2D eigenvalue weighted by Gasteiger charge is -2.56. The SMILES string of the molecule is Clc1c(Br)cnn1CC12CC3CC(CC(C3)C1)C2. The highest BCUT2D eigenvalue weighted by molar-refractivity contribution is 9.10. The second-order valence-corrected chi connectivity index (χ2v) is 8.07. The third kappa shape index (κ3) is 1.77. The lowest BCUT2D eigenvalue weighted by molar-refractivity contribution is -0.0635. The average Bonchev–Trinajstić information content (AvgIpc) is 2.58. The Morgan fingerprint density at radius 2 is 1.78 bits per heavy atom. The van der Waals surface area contributed by atoms with Crippen molar-refractivity contribution >= 4 is 27.5 Å².